The molecule has 0 bridgehead atoms. The van der Waals surface area contributed by atoms with Crippen LogP contribution in [0.3, 0.4) is 0 Å². The number of para-hydroxylation sites is 1. The lowest BCUT2D eigenvalue weighted by molar-refractivity contribution is -0.136. The molecule has 0 radical (unpaired) electrons. The van der Waals surface area contributed by atoms with Crippen LogP contribution in [0.15, 0.2) is 54.6 Å². The van der Waals surface area contributed by atoms with E-state index in [1.807, 2.05) is 48.5 Å². The van der Waals surface area contributed by atoms with Crippen LogP contribution in [0.5, 0.6) is 5.75 Å². The fourth-order valence-electron chi connectivity index (χ4n) is 2.65. The van der Waals surface area contributed by atoms with Crippen molar-refractivity contribution < 1.29 is 19.4 Å². The van der Waals surface area contributed by atoms with Crippen molar-refractivity contribution in [1.29, 1.82) is 0 Å². The Labute approximate surface area is 150 Å². The van der Waals surface area contributed by atoms with Crippen LogP contribution in [0.2, 0.25) is 0 Å². The van der Waals surface area contributed by atoms with E-state index in [-0.39, 0.29) is 18.9 Å². The lowest BCUT2D eigenvalue weighted by Crippen LogP contribution is -2.26. The molecule has 0 unspecified atom stereocenters. The first-order valence-corrected chi connectivity index (χ1v) is 8.12. The normalized spacial score (nSPS) is 10.5. The highest BCUT2D eigenvalue weighted by molar-refractivity contribution is 6.07. The number of nitrogens with one attached hydrogen (secondary N) is 1. The second-order valence-electron chi connectivity index (χ2n) is 5.70. The van der Waals surface area contributed by atoms with Crippen LogP contribution in [0.25, 0.3) is 22.2 Å². The molecule has 3 rings (SSSR count). The summed E-state index contributed by atoms with van der Waals surface area (Å²) in [5.74, 6) is -0.537. The number of carboxylic acid groups (broad SMARTS) is 1. The zero-order chi connectivity index (χ0) is 18.5. The molecule has 1 amide bonds. The summed E-state index contributed by atoms with van der Waals surface area (Å²) in [5, 5.41) is 12.1. The van der Waals surface area contributed by atoms with Gasteiger partial charge in [0.25, 0.3) is 5.91 Å². The van der Waals surface area contributed by atoms with Crippen molar-refractivity contribution in [3.8, 4) is 17.0 Å². The van der Waals surface area contributed by atoms with Gasteiger partial charge in [-0.25, -0.2) is 4.98 Å². The number of amides is 1. The minimum absolute atomic E-state index is 0.0721. The van der Waals surface area contributed by atoms with Crippen LogP contribution in [0.4, 0.5) is 0 Å². The van der Waals surface area contributed by atoms with E-state index in [2.05, 4.69) is 10.3 Å². The second-order valence-corrected chi connectivity index (χ2v) is 5.70. The van der Waals surface area contributed by atoms with E-state index >= 15 is 0 Å². The first kappa shape index (κ1) is 17.4. The third kappa shape index (κ3) is 3.80. The Balaban J connectivity index is 2.00. The summed E-state index contributed by atoms with van der Waals surface area (Å²) >= 11 is 0. The zero-order valence-corrected chi connectivity index (χ0v) is 14.2. The molecule has 0 fully saturated rings. The van der Waals surface area contributed by atoms with E-state index in [4.69, 9.17) is 9.84 Å². The Bertz CT molecular complexity index is 952. The lowest BCUT2D eigenvalue weighted by atomic mass is 10.0. The summed E-state index contributed by atoms with van der Waals surface area (Å²) in [5.41, 5.74) is 2.68. The average molecular weight is 350 g/mol. The van der Waals surface area contributed by atoms with Gasteiger partial charge in [-0.2, -0.15) is 0 Å². The van der Waals surface area contributed by atoms with Crippen LogP contribution in [0.1, 0.15) is 16.8 Å². The molecule has 0 spiro atoms. The molecule has 3 aromatic rings. The van der Waals surface area contributed by atoms with Gasteiger partial charge in [0.2, 0.25) is 0 Å². The van der Waals surface area contributed by atoms with Crippen LogP contribution in [0, 0.1) is 0 Å². The number of carboxylic acids is 1. The van der Waals surface area contributed by atoms with Gasteiger partial charge in [-0.05, 0) is 36.4 Å². The smallest absolute Gasteiger partial charge is 0.305 e. The molecule has 0 atom stereocenters. The number of fused-ring (bicyclic) bond motifs is 1. The summed E-state index contributed by atoms with van der Waals surface area (Å²) in [6, 6.07) is 16.5. The van der Waals surface area contributed by atoms with Gasteiger partial charge < -0.3 is 15.2 Å². The van der Waals surface area contributed by atoms with Crippen LogP contribution in [-0.4, -0.2) is 35.6 Å². The molecule has 0 saturated carbocycles. The Hall–Kier alpha value is -3.41. The minimum atomic E-state index is -0.955. The molecule has 1 heterocycles. The number of hydrogen-bond acceptors (Lipinski definition) is 4. The van der Waals surface area contributed by atoms with Crippen LogP contribution in [-0.2, 0) is 4.79 Å². The molecule has 6 heteroatoms. The van der Waals surface area contributed by atoms with Crippen molar-refractivity contribution in [3.63, 3.8) is 0 Å². The van der Waals surface area contributed by atoms with Crippen LogP contribution < -0.4 is 10.1 Å². The average Bonchev–Trinajstić information content (AvgIpc) is 2.66. The standard InChI is InChI=1S/C20H18N2O4/c1-26-14-8-6-13(7-9-14)18-12-16(20(25)21-11-10-19(23)24)15-4-2-3-5-17(15)22-18/h2-9,12H,10-11H2,1H3,(H,21,25)(H,23,24). The van der Waals surface area contributed by atoms with Crippen molar-refractivity contribution >= 4 is 22.8 Å². The SMILES string of the molecule is COc1ccc(-c2cc(C(=O)NCCC(=O)O)c3ccccc3n2)cc1. The first-order chi connectivity index (χ1) is 12.6. The lowest BCUT2D eigenvalue weighted by Gasteiger charge is -2.10. The molecule has 2 aromatic carbocycles. The van der Waals surface area contributed by atoms with Crippen molar-refractivity contribution in [2.24, 2.45) is 0 Å². The van der Waals surface area contributed by atoms with Gasteiger partial charge >= 0.3 is 5.97 Å². The monoisotopic (exact) mass is 350 g/mol. The molecule has 6 nitrogen and oxygen atoms in total. The van der Waals surface area contributed by atoms with Crippen molar-refractivity contribution in [2.45, 2.75) is 6.42 Å². The molecule has 1 aromatic heterocycles. The number of ether oxygens (including phenoxy) is 1. The number of rotatable bonds is 6. The fourth-order valence-corrected chi connectivity index (χ4v) is 2.65. The molecular weight excluding hydrogens is 332 g/mol. The molecule has 0 aliphatic rings. The number of aliphatic carboxylic acids is 1. The number of methoxy groups -OCH3 is 1. The zero-order valence-electron chi connectivity index (χ0n) is 14.2. The number of pyridine rings is 1. The third-order valence-electron chi connectivity index (χ3n) is 3.97. The molecule has 0 saturated heterocycles. The van der Waals surface area contributed by atoms with E-state index in [0.29, 0.717) is 16.8 Å². The number of benzene rings is 2. The quantitative estimate of drug-likeness (QED) is 0.713. The Morgan fingerprint density at radius 2 is 1.85 bits per heavy atom. The third-order valence-corrected chi connectivity index (χ3v) is 3.97. The molecular formula is C20H18N2O4. The fraction of sp³-hybridized carbons (Fsp3) is 0.150. The predicted octanol–water partition coefficient (Wildman–Crippen LogP) is 3.11. The second kappa shape index (κ2) is 7.65. The maximum atomic E-state index is 12.6. The topological polar surface area (TPSA) is 88.5 Å². The molecule has 2 N–H and O–H groups in total. The maximum Gasteiger partial charge on any atom is 0.305 e. The predicted molar refractivity (Wildman–Crippen MR) is 98.3 cm³/mol. The molecule has 0 aliphatic carbocycles. The van der Waals surface area contributed by atoms with Gasteiger partial charge in [0.05, 0.1) is 30.3 Å². The van der Waals surface area contributed by atoms with Crippen molar-refractivity contribution in [3.05, 3.63) is 60.2 Å². The number of carbonyl (C=O) groups excluding carboxylic acids is 1. The van der Waals surface area contributed by atoms with E-state index in [0.717, 1.165) is 16.7 Å². The van der Waals surface area contributed by atoms with Gasteiger partial charge in [0.1, 0.15) is 5.75 Å². The van der Waals surface area contributed by atoms with Crippen molar-refractivity contribution in [1.82, 2.24) is 10.3 Å². The van der Waals surface area contributed by atoms with E-state index in [9.17, 15) is 9.59 Å². The van der Waals surface area contributed by atoms with Gasteiger partial charge in [-0.1, -0.05) is 18.2 Å². The summed E-state index contributed by atoms with van der Waals surface area (Å²) in [6.07, 6.45) is -0.125. The number of hydrogen-bond donors (Lipinski definition) is 2. The maximum absolute atomic E-state index is 12.6. The number of aromatic nitrogens is 1. The van der Waals surface area contributed by atoms with Gasteiger partial charge in [0.15, 0.2) is 0 Å². The van der Waals surface area contributed by atoms with E-state index in [1.54, 1.807) is 13.2 Å². The van der Waals surface area contributed by atoms with Gasteiger partial charge in [0, 0.05) is 17.5 Å². The Morgan fingerprint density at radius 1 is 1.12 bits per heavy atom. The highest BCUT2D eigenvalue weighted by atomic mass is 16.5. The molecule has 132 valence electrons. The highest BCUT2D eigenvalue weighted by Gasteiger charge is 2.14. The van der Waals surface area contributed by atoms with E-state index in [1.165, 1.54) is 0 Å². The highest BCUT2D eigenvalue weighted by Crippen LogP contribution is 2.26. The number of carbonyl (C=O) groups is 2. The number of nitrogens with zero attached hydrogens (tertiary/aromatic N) is 1. The van der Waals surface area contributed by atoms with Gasteiger partial charge in [-0.3, -0.25) is 9.59 Å². The van der Waals surface area contributed by atoms with Crippen molar-refractivity contribution in [2.75, 3.05) is 13.7 Å². The van der Waals surface area contributed by atoms with Gasteiger partial charge in [-0.15, -0.1) is 0 Å². The summed E-state index contributed by atoms with van der Waals surface area (Å²) in [6.45, 7) is 0.0721. The Kier molecular flexibility index (Phi) is 5.12. The minimum Gasteiger partial charge on any atom is -0.497 e. The van der Waals surface area contributed by atoms with Crippen LogP contribution >= 0.6 is 0 Å². The molecule has 26 heavy (non-hydrogen) atoms. The Morgan fingerprint density at radius 3 is 2.54 bits per heavy atom. The van der Waals surface area contributed by atoms with E-state index < -0.39 is 5.97 Å². The molecule has 0 aliphatic heterocycles. The largest absolute Gasteiger partial charge is 0.497 e. The summed E-state index contributed by atoms with van der Waals surface area (Å²) in [4.78, 5) is 27.9. The summed E-state index contributed by atoms with van der Waals surface area (Å²) < 4.78 is 5.17. The first-order valence-electron chi connectivity index (χ1n) is 8.12. The summed E-state index contributed by atoms with van der Waals surface area (Å²) in [7, 11) is 1.60.